The van der Waals surface area contributed by atoms with Crippen LogP contribution in [-0.4, -0.2) is 53.0 Å². The lowest BCUT2D eigenvalue weighted by atomic mass is 9.71. The van der Waals surface area contributed by atoms with Gasteiger partial charge in [0.1, 0.15) is 6.10 Å². The molecule has 1 aliphatic carbocycles. The van der Waals surface area contributed by atoms with Gasteiger partial charge in [0.2, 0.25) is 0 Å². The number of nitrogens with zero attached hydrogens (tertiary/aromatic N) is 1. The molecule has 0 aromatic carbocycles. The van der Waals surface area contributed by atoms with Crippen LogP contribution in [0.25, 0.3) is 0 Å². The first-order chi connectivity index (χ1) is 10.8. The SMILES string of the molecule is C/C=C/N(CCO)C(O)C1COC2(CCC(C(C)(C)C)CC2)O1. The van der Waals surface area contributed by atoms with Crippen LogP contribution in [0.4, 0.5) is 0 Å². The van der Waals surface area contributed by atoms with Gasteiger partial charge in [-0.2, -0.15) is 0 Å². The van der Waals surface area contributed by atoms with Crippen LogP contribution in [0.15, 0.2) is 12.3 Å². The average molecular weight is 327 g/mol. The fraction of sp³-hybridized carbons (Fsp3) is 0.889. The Morgan fingerprint density at radius 3 is 2.48 bits per heavy atom. The highest BCUT2D eigenvalue weighted by molar-refractivity contribution is 4.91. The lowest BCUT2D eigenvalue weighted by molar-refractivity contribution is -0.211. The zero-order chi connectivity index (χ0) is 17.1. The molecule has 1 aliphatic heterocycles. The van der Waals surface area contributed by atoms with E-state index in [0.29, 0.717) is 24.5 Å². The summed E-state index contributed by atoms with van der Waals surface area (Å²) in [7, 11) is 0. The van der Waals surface area contributed by atoms with Crippen molar-refractivity contribution in [3.05, 3.63) is 12.3 Å². The van der Waals surface area contributed by atoms with E-state index in [0.717, 1.165) is 25.7 Å². The van der Waals surface area contributed by atoms with E-state index in [1.165, 1.54) is 0 Å². The van der Waals surface area contributed by atoms with E-state index >= 15 is 0 Å². The van der Waals surface area contributed by atoms with Crippen molar-refractivity contribution in [3.8, 4) is 0 Å². The Kier molecular flexibility index (Phi) is 6.11. The standard InChI is InChI=1S/C18H33NO4/c1-5-10-19(11-12-20)16(21)15-13-22-18(23-15)8-6-14(7-9-18)17(2,3)4/h5,10,14-16,20-21H,6-9,11-13H2,1-4H3/b10-5+. The van der Waals surface area contributed by atoms with Crippen LogP contribution in [0.2, 0.25) is 0 Å². The van der Waals surface area contributed by atoms with Crippen molar-refractivity contribution in [3.63, 3.8) is 0 Å². The average Bonchev–Trinajstić information content (AvgIpc) is 2.89. The highest BCUT2D eigenvalue weighted by atomic mass is 16.7. The largest absolute Gasteiger partial charge is 0.395 e. The third kappa shape index (κ3) is 4.47. The molecule has 1 saturated heterocycles. The summed E-state index contributed by atoms with van der Waals surface area (Å²) in [4.78, 5) is 1.70. The molecule has 2 aliphatic rings. The van der Waals surface area contributed by atoms with Gasteiger partial charge in [0, 0.05) is 19.4 Å². The molecule has 0 aromatic heterocycles. The molecule has 5 heteroatoms. The number of aliphatic hydroxyl groups excluding tert-OH is 2. The Morgan fingerprint density at radius 2 is 1.96 bits per heavy atom. The summed E-state index contributed by atoms with van der Waals surface area (Å²) in [6.07, 6.45) is 6.44. The topological polar surface area (TPSA) is 62.2 Å². The van der Waals surface area contributed by atoms with Crippen molar-refractivity contribution >= 4 is 0 Å². The second-order valence-corrected chi connectivity index (χ2v) is 7.88. The molecule has 134 valence electrons. The molecule has 2 unspecified atom stereocenters. The van der Waals surface area contributed by atoms with Crippen LogP contribution in [0.1, 0.15) is 53.4 Å². The van der Waals surface area contributed by atoms with Gasteiger partial charge in [-0.3, -0.25) is 0 Å². The summed E-state index contributed by atoms with van der Waals surface area (Å²) >= 11 is 0. The van der Waals surface area contributed by atoms with Crippen molar-refractivity contribution in [2.45, 2.75) is 71.5 Å². The Labute approximate surface area is 140 Å². The maximum atomic E-state index is 10.5. The van der Waals surface area contributed by atoms with E-state index in [1.807, 2.05) is 13.0 Å². The third-order valence-corrected chi connectivity index (χ3v) is 5.22. The number of hydrogen-bond donors (Lipinski definition) is 2. The first-order valence-electron chi connectivity index (χ1n) is 8.80. The van der Waals surface area contributed by atoms with E-state index in [-0.39, 0.29) is 12.7 Å². The Morgan fingerprint density at radius 1 is 1.30 bits per heavy atom. The summed E-state index contributed by atoms with van der Waals surface area (Å²) in [5.74, 6) is 0.173. The van der Waals surface area contributed by atoms with E-state index in [4.69, 9.17) is 14.6 Å². The quantitative estimate of drug-likeness (QED) is 0.760. The lowest BCUT2D eigenvalue weighted by Gasteiger charge is -2.41. The number of allylic oxidation sites excluding steroid dienone is 1. The van der Waals surface area contributed by atoms with Crippen molar-refractivity contribution in [2.24, 2.45) is 11.3 Å². The van der Waals surface area contributed by atoms with Crippen LogP contribution < -0.4 is 0 Å². The molecule has 0 bridgehead atoms. The molecule has 2 rings (SSSR count). The minimum atomic E-state index is -0.793. The predicted molar refractivity (Wildman–Crippen MR) is 89.6 cm³/mol. The fourth-order valence-corrected chi connectivity index (χ4v) is 3.73. The molecule has 5 nitrogen and oxygen atoms in total. The third-order valence-electron chi connectivity index (χ3n) is 5.22. The van der Waals surface area contributed by atoms with Crippen LogP contribution in [0.3, 0.4) is 0 Å². The zero-order valence-electron chi connectivity index (χ0n) is 15.0. The van der Waals surface area contributed by atoms with Gasteiger partial charge in [0.15, 0.2) is 12.0 Å². The Balaban J connectivity index is 1.93. The minimum absolute atomic E-state index is 0.00656. The van der Waals surface area contributed by atoms with Gasteiger partial charge in [0.25, 0.3) is 0 Å². The molecule has 1 saturated carbocycles. The van der Waals surface area contributed by atoms with Gasteiger partial charge in [0.05, 0.1) is 13.2 Å². The van der Waals surface area contributed by atoms with Gasteiger partial charge < -0.3 is 24.6 Å². The summed E-state index contributed by atoms with van der Waals surface area (Å²) < 4.78 is 12.1. The highest BCUT2D eigenvalue weighted by Crippen LogP contribution is 2.45. The summed E-state index contributed by atoms with van der Waals surface area (Å²) in [6.45, 7) is 9.55. The van der Waals surface area contributed by atoms with Gasteiger partial charge in [-0.15, -0.1) is 0 Å². The molecule has 2 atom stereocenters. The smallest absolute Gasteiger partial charge is 0.169 e. The molecular formula is C18H33NO4. The van der Waals surface area contributed by atoms with Crippen molar-refractivity contribution in [1.29, 1.82) is 0 Å². The lowest BCUT2D eigenvalue weighted by Crippen LogP contribution is -2.45. The summed E-state index contributed by atoms with van der Waals surface area (Å²) in [5.41, 5.74) is 0.322. The Bertz CT molecular complexity index is 396. The molecule has 2 fully saturated rings. The van der Waals surface area contributed by atoms with Crippen molar-refractivity contribution in [1.82, 2.24) is 4.90 Å². The predicted octanol–water partition coefficient (Wildman–Crippen LogP) is 2.48. The van der Waals surface area contributed by atoms with Crippen LogP contribution in [0.5, 0.6) is 0 Å². The highest BCUT2D eigenvalue weighted by Gasteiger charge is 2.48. The number of aliphatic hydroxyl groups is 2. The van der Waals surface area contributed by atoms with Crippen molar-refractivity contribution in [2.75, 3.05) is 19.8 Å². The molecule has 0 aromatic rings. The first kappa shape index (κ1) is 18.7. The van der Waals surface area contributed by atoms with Crippen LogP contribution in [-0.2, 0) is 9.47 Å². The van der Waals surface area contributed by atoms with Gasteiger partial charge >= 0.3 is 0 Å². The normalized spacial score (nSPS) is 33.5. The van der Waals surface area contributed by atoms with E-state index < -0.39 is 12.0 Å². The molecular weight excluding hydrogens is 294 g/mol. The van der Waals surface area contributed by atoms with E-state index in [2.05, 4.69) is 20.8 Å². The van der Waals surface area contributed by atoms with E-state index in [9.17, 15) is 5.11 Å². The maximum absolute atomic E-state index is 10.5. The zero-order valence-corrected chi connectivity index (χ0v) is 15.0. The molecule has 0 radical (unpaired) electrons. The number of rotatable bonds is 5. The van der Waals surface area contributed by atoms with Gasteiger partial charge in [-0.05, 0) is 37.3 Å². The maximum Gasteiger partial charge on any atom is 0.169 e. The molecule has 23 heavy (non-hydrogen) atoms. The summed E-state index contributed by atoms with van der Waals surface area (Å²) in [5, 5.41) is 19.7. The van der Waals surface area contributed by atoms with Crippen LogP contribution in [0, 0.1) is 11.3 Å². The van der Waals surface area contributed by atoms with Crippen molar-refractivity contribution < 1.29 is 19.7 Å². The fourth-order valence-electron chi connectivity index (χ4n) is 3.73. The molecule has 1 spiro atoms. The van der Waals surface area contributed by atoms with Gasteiger partial charge in [-0.1, -0.05) is 26.8 Å². The molecule has 1 heterocycles. The minimum Gasteiger partial charge on any atom is -0.395 e. The molecule has 0 amide bonds. The Hall–Kier alpha value is -0.620. The summed E-state index contributed by atoms with van der Waals surface area (Å²) in [6, 6.07) is 0. The second kappa shape index (κ2) is 7.51. The van der Waals surface area contributed by atoms with Crippen LogP contribution >= 0.6 is 0 Å². The van der Waals surface area contributed by atoms with Gasteiger partial charge in [-0.25, -0.2) is 0 Å². The first-order valence-corrected chi connectivity index (χ1v) is 8.80. The molecule has 2 N–H and O–H groups in total. The van der Waals surface area contributed by atoms with E-state index in [1.54, 1.807) is 11.1 Å². The number of hydrogen-bond acceptors (Lipinski definition) is 5. The number of ether oxygens (including phenoxy) is 2. The monoisotopic (exact) mass is 327 g/mol. The second-order valence-electron chi connectivity index (χ2n) is 7.88.